The van der Waals surface area contributed by atoms with Crippen LogP contribution in [0.2, 0.25) is 0 Å². The summed E-state index contributed by atoms with van der Waals surface area (Å²) in [5.41, 5.74) is 1.17. The van der Waals surface area contributed by atoms with Crippen LogP contribution in [0, 0.1) is 0 Å². The van der Waals surface area contributed by atoms with Gasteiger partial charge in [0.15, 0.2) is 5.78 Å². The number of carbonyl (C=O) groups is 1. The molecule has 0 unspecified atom stereocenters. The lowest BCUT2D eigenvalue weighted by Gasteiger charge is -2.06. The van der Waals surface area contributed by atoms with Crippen LogP contribution in [0.25, 0.3) is 0 Å². The Morgan fingerprint density at radius 2 is 1.80 bits per heavy atom. The van der Waals surface area contributed by atoms with Crippen molar-refractivity contribution in [2.24, 2.45) is 0 Å². The lowest BCUT2D eigenvalue weighted by molar-refractivity contribution is 0.104. The van der Waals surface area contributed by atoms with Crippen molar-refractivity contribution in [3.8, 4) is 5.75 Å². The van der Waals surface area contributed by atoms with Gasteiger partial charge < -0.3 is 10.1 Å². The van der Waals surface area contributed by atoms with E-state index in [0.29, 0.717) is 23.4 Å². The monoisotopic (exact) mass is 444 g/mol. The predicted molar refractivity (Wildman–Crippen MR) is 117 cm³/mol. The summed E-state index contributed by atoms with van der Waals surface area (Å²) in [5.74, 6) is 0.507. The van der Waals surface area contributed by atoms with Crippen LogP contribution in [0.15, 0.2) is 65.7 Å². The minimum Gasteiger partial charge on any atom is -0.497 e. The van der Waals surface area contributed by atoms with Crippen molar-refractivity contribution in [3.63, 3.8) is 0 Å². The first-order valence-electron chi connectivity index (χ1n) is 8.98. The summed E-state index contributed by atoms with van der Waals surface area (Å²) in [6, 6.07) is 12.9. The number of ketones is 1. The number of allylic oxidation sites excluding steroid dienone is 1. The van der Waals surface area contributed by atoms with Gasteiger partial charge in [-0.3, -0.25) is 9.52 Å². The van der Waals surface area contributed by atoms with E-state index in [2.05, 4.69) is 20.2 Å². The molecule has 1 aromatic heterocycles. The first-order chi connectivity index (χ1) is 14.4. The zero-order valence-electron chi connectivity index (χ0n) is 16.3. The molecule has 0 aliphatic carbocycles. The fraction of sp³-hybridized carbons (Fsp3) is 0.150. The number of aryl methyl sites for hydroxylation is 1. The molecule has 0 saturated heterocycles. The second-order valence-corrected chi connectivity index (χ2v) is 8.80. The van der Waals surface area contributed by atoms with Crippen LogP contribution >= 0.6 is 11.3 Å². The summed E-state index contributed by atoms with van der Waals surface area (Å²) < 4.78 is 32.4. The first kappa shape index (κ1) is 21.5. The molecule has 0 saturated carbocycles. The Morgan fingerprint density at radius 3 is 2.40 bits per heavy atom. The highest BCUT2D eigenvalue weighted by Crippen LogP contribution is 2.21. The molecule has 2 aromatic carbocycles. The smallest absolute Gasteiger partial charge is 0.263 e. The lowest BCUT2D eigenvalue weighted by atomic mass is 10.1. The number of nitrogens with zero attached hydrogens (tertiary/aromatic N) is 2. The van der Waals surface area contributed by atoms with E-state index in [-0.39, 0.29) is 15.8 Å². The van der Waals surface area contributed by atoms with Gasteiger partial charge in [0.1, 0.15) is 10.8 Å². The average Bonchev–Trinajstić information content (AvgIpc) is 3.21. The second-order valence-electron chi connectivity index (χ2n) is 6.05. The van der Waals surface area contributed by atoms with Crippen molar-refractivity contribution < 1.29 is 17.9 Å². The van der Waals surface area contributed by atoms with E-state index in [1.165, 1.54) is 35.7 Å². The zero-order chi connectivity index (χ0) is 21.6. The number of ether oxygens (including phenoxy) is 1. The standard InChI is InChI=1S/C20H20N4O4S2/c1-3-19-22-23-20(29-19)24-30(26,27)17-10-6-15(7-11-17)21-13-12-18(25)14-4-8-16(28-2)9-5-14/h4-13,21H,3H2,1-2H3,(H,23,24). The molecule has 0 bridgehead atoms. The van der Waals surface area contributed by atoms with Crippen molar-refractivity contribution in [1.29, 1.82) is 0 Å². The van der Waals surface area contributed by atoms with Gasteiger partial charge in [0.05, 0.1) is 12.0 Å². The molecule has 0 aliphatic heterocycles. The number of benzene rings is 2. The summed E-state index contributed by atoms with van der Waals surface area (Å²) in [6.45, 7) is 1.92. The molecule has 3 rings (SSSR count). The number of sulfonamides is 1. The normalized spacial score (nSPS) is 11.4. The molecular weight excluding hydrogens is 424 g/mol. The van der Waals surface area contributed by atoms with Crippen molar-refractivity contribution in [1.82, 2.24) is 10.2 Å². The SMILES string of the molecule is CCc1nnc(NS(=O)(=O)c2ccc(NC=CC(=O)c3ccc(OC)cc3)cc2)s1. The molecule has 0 fully saturated rings. The van der Waals surface area contributed by atoms with Crippen molar-refractivity contribution in [2.45, 2.75) is 18.2 Å². The maximum Gasteiger partial charge on any atom is 0.263 e. The maximum atomic E-state index is 12.5. The minimum atomic E-state index is -3.75. The van der Waals surface area contributed by atoms with Gasteiger partial charge >= 0.3 is 0 Å². The number of methoxy groups -OCH3 is 1. The average molecular weight is 445 g/mol. The largest absolute Gasteiger partial charge is 0.497 e. The molecule has 8 nitrogen and oxygen atoms in total. The van der Waals surface area contributed by atoms with Crippen molar-refractivity contribution in [3.05, 3.63) is 71.4 Å². The third-order valence-corrected chi connectivity index (χ3v) is 6.48. The Balaban J connectivity index is 1.60. The van der Waals surface area contributed by atoms with E-state index in [0.717, 1.165) is 5.01 Å². The van der Waals surface area contributed by atoms with E-state index in [1.54, 1.807) is 43.5 Å². The van der Waals surface area contributed by atoms with Gasteiger partial charge in [-0.15, -0.1) is 10.2 Å². The highest BCUT2D eigenvalue weighted by atomic mass is 32.2. The highest BCUT2D eigenvalue weighted by Gasteiger charge is 2.16. The van der Waals surface area contributed by atoms with Gasteiger partial charge in [-0.25, -0.2) is 8.42 Å². The van der Waals surface area contributed by atoms with Crippen LogP contribution in [0.3, 0.4) is 0 Å². The Labute approximate surface area is 178 Å². The predicted octanol–water partition coefficient (Wildman–Crippen LogP) is 3.72. The summed E-state index contributed by atoms with van der Waals surface area (Å²) in [5, 5.41) is 11.6. The van der Waals surface area contributed by atoms with E-state index >= 15 is 0 Å². The molecule has 156 valence electrons. The quantitative estimate of drug-likeness (QED) is 0.382. The second kappa shape index (κ2) is 9.51. The molecule has 1 heterocycles. The Kier molecular flexibility index (Phi) is 6.80. The zero-order valence-corrected chi connectivity index (χ0v) is 18.0. The van der Waals surface area contributed by atoms with Gasteiger partial charge in [-0.2, -0.15) is 0 Å². The molecular formula is C20H20N4O4S2. The van der Waals surface area contributed by atoms with Gasteiger partial charge in [-0.05, 0) is 55.0 Å². The molecule has 30 heavy (non-hydrogen) atoms. The molecule has 0 aliphatic rings. The summed E-state index contributed by atoms with van der Waals surface area (Å²) in [7, 11) is -2.19. The number of carbonyl (C=O) groups excluding carboxylic acids is 1. The number of hydrogen-bond donors (Lipinski definition) is 2. The molecule has 0 atom stereocenters. The van der Waals surface area contributed by atoms with Crippen LogP contribution in [0.4, 0.5) is 10.8 Å². The van der Waals surface area contributed by atoms with Gasteiger partial charge in [0, 0.05) is 23.5 Å². The fourth-order valence-corrected chi connectivity index (χ4v) is 4.32. The van der Waals surface area contributed by atoms with E-state index in [9.17, 15) is 13.2 Å². The number of anilines is 2. The Hall–Kier alpha value is -3.24. The van der Waals surface area contributed by atoms with Crippen molar-refractivity contribution >= 4 is 38.0 Å². The summed E-state index contributed by atoms with van der Waals surface area (Å²) >= 11 is 1.20. The van der Waals surface area contributed by atoms with E-state index in [4.69, 9.17) is 4.74 Å². The van der Waals surface area contributed by atoms with Crippen LogP contribution in [-0.4, -0.2) is 31.5 Å². The number of hydrogen-bond acceptors (Lipinski definition) is 8. The molecule has 10 heteroatoms. The van der Waals surface area contributed by atoms with E-state index < -0.39 is 10.0 Å². The third kappa shape index (κ3) is 5.43. The van der Waals surface area contributed by atoms with Crippen LogP contribution in [-0.2, 0) is 16.4 Å². The minimum absolute atomic E-state index is 0.0968. The van der Waals surface area contributed by atoms with E-state index in [1.807, 2.05) is 6.92 Å². The van der Waals surface area contributed by atoms with Gasteiger partial charge in [0.25, 0.3) is 10.0 Å². The Bertz CT molecular complexity index is 1140. The van der Waals surface area contributed by atoms with Crippen LogP contribution in [0.5, 0.6) is 5.75 Å². The fourth-order valence-electron chi connectivity index (χ4n) is 2.41. The number of aromatic nitrogens is 2. The van der Waals surface area contributed by atoms with Crippen LogP contribution in [0.1, 0.15) is 22.3 Å². The first-order valence-corrected chi connectivity index (χ1v) is 11.3. The van der Waals surface area contributed by atoms with Gasteiger partial charge in [-0.1, -0.05) is 18.3 Å². The molecule has 0 radical (unpaired) electrons. The third-order valence-electron chi connectivity index (χ3n) is 4.01. The number of rotatable bonds is 9. The molecule has 3 aromatic rings. The molecule has 0 spiro atoms. The van der Waals surface area contributed by atoms with Gasteiger partial charge in [0.2, 0.25) is 5.13 Å². The van der Waals surface area contributed by atoms with Crippen molar-refractivity contribution in [2.75, 3.05) is 17.1 Å². The highest BCUT2D eigenvalue weighted by molar-refractivity contribution is 7.93. The lowest BCUT2D eigenvalue weighted by Crippen LogP contribution is -2.12. The Morgan fingerprint density at radius 1 is 1.10 bits per heavy atom. The molecule has 2 N–H and O–H groups in total. The summed E-state index contributed by atoms with van der Waals surface area (Å²) in [6.07, 6.45) is 3.59. The molecule has 0 amide bonds. The number of nitrogens with one attached hydrogen (secondary N) is 2. The van der Waals surface area contributed by atoms with Crippen LogP contribution < -0.4 is 14.8 Å². The summed E-state index contributed by atoms with van der Waals surface area (Å²) in [4.78, 5) is 12.2. The topological polar surface area (TPSA) is 110 Å². The maximum absolute atomic E-state index is 12.5.